The summed E-state index contributed by atoms with van der Waals surface area (Å²) in [4.78, 5) is 14.3. The van der Waals surface area contributed by atoms with Crippen molar-refractivity contribution < 1.29 is 9.53 Å². The van der Waals surface area contributed by atoms with E-state index in [1.165, 1.54) is 12.8 Å². The lowest BCUT2D eigenvalue weighted by atomic mass is 10.2. The lowest BCUT2D eigenvalue weighted by Crippen LogP contribution is -2.31. The molecule has 0 aliphatic carbocycles. The number of ether oxygens (including phenoxy) is 1. The fourth-order valence-corrected chi connectivity index (χ4v) is 2.40. The highest BCUT2D eigenvalue weighted by Crippen LogP contribution is 2.17. The summed E-state index contributed by atoms with van der Waals surface area (Å²) in [6.07, 6.45) is 4.89. The minimum Gasteiger partial charge on any atom is -0.491 e. The van der Waals surface area contributed by atoms with E-state index >= 15 is 0 Å². The summed E-state index contributed by atoms with van der Waals surface area (Å²) in [5, 5.41) is 0. The van der Waals surface area contributed by atoms with E-state index < -0.39 is 0 Å². The van der Waals surface area contributed by atoms with Crippen molar-refractivity contribution in [2.24, 2.45) is 0 Å². The maximum atomic E-state index is 12.4. The molecule has 19 heavy (non-hydrogen) atoms. The molecule has 1 heterocycles. The van der Waals surface area contributed by atoms with Crippen LogP contribution in [0.25, 0.3) is 0 Å². The number of likely N-dealkylation sites (tertiary alicyclic amines) is 1. The van der Waals surface area contributed by atoms with Gasteiger partial charge < -0.3 is 9.64 Å². The van der Waals surface area contributed by atoms with Crippen LogP contribution >= 0.6 is 0 Å². The van der Waals surface area contributed by atoms with Crippen molar-refractivity contribution in [1.82, 2.24) is 4.90 Å². The van der Waals surface area contributed by atoms with Crippen LogP contribution in [0, 0.1) is 0 Å². The topological polar surface area (TPSA) is 29.5 Å². The Morgan fingerprint density at radius 3 is 2.16 bits per heavy atom. The molecule has 1 amide bonds. The van der Waals surface area contributed by atoms with Gasteiger partial charge in [-0.1, -0.05) is 12.8 Å². The molecule has 0 saturated carbocycles. The van der Waals surface area contributed by atoms with Crippen LogP contribution in [-0.4, -0.2) is 30.0 Å². The van der Waals surface area contributed by atoms with Gasteiger partial charge in [0.15, 0.2) is 0 Å². The van der Waals surface area contributed by atoms with Crippen molar-refractivity contribution in [2.45, 2.75) is 45.6 Å². The minimum absolute atomic E-state index is 0.151. The predicted molar refractivity (Wildman–Crippen MR) is 76.6 cm³/mol. The van der Waals surface area contributed by atoms with Crippen LogP contribution in [-0.2, 0) is 0 Å². The second-order valence-corrected chi connectivity index (χ2v) is 5.40. The van der Waals surface area contributed by atoms with Crippen LogP contribution in [0.1, 0.15) is 49.9 Å². The molecule has 1 fully saturated rings. The number of carbonyl (C=O) groups is 1. The zero-order valence-corrected chi connectivity index (χ0v) is 11.9. The Bertz CT molecular complexity index is 403. The summed E-state index contributed by atoms with van der Waals surface area (Å²) in [6, 6.07) is 7.49. The fraction of sp³-hybridized carbons (Fsp3) is 0.562. The number of nitrogens with zero attached hydrogens (tertiary/aromatic N) is 1. The molecule has 3 nitrogen and oxygen atoms in total. The molecule has 0 radical (unpaired) electrons. The third kappa shape index (κ3) is 3.98. The van der Waals surface area contributed by atoms with Crippen LogP contribution in [0.15, 0.2) is 24.3 Å². The van der Waals surface area contributed by atoms with E-state index in [-0.39, 0.29) is 12.0 Å². The third-order valence-electron chi connectivity index (χ3n) is 3.37. The van der Waals surface area contributed by atoms with Gasteiger partial charge in [-0.05, 0) is 51.0 Å². The molecule has 2 rings (SSSR count). The van der Waals surface area contributed by atoms with E-state index in [0.717, 1.165) is 37.2 Å². The van der Waals surface area contributed by atoms with Crippen molar-refractivity contribution >= 4 is 5.91 Å². The largest absolute Gasteiger partial charge is 0.491 e. The van der Waals surface area contributed by atoms with Crippen molar-refractivity contribution in [3.63, 3.8) is 0 Å². The van der Waals surface area contributed by atoms with E-state index in [4.69, 9.17) is 4.74 Å². The molecule has 1 aromatic carbocycles. The van der Waals surface area contributed by atoms with Crippen LogP contribution in [0.2, 0.25) is 0 Å². The molecule has 3 heteroatoms. The Morgan fingerprint density at radius 1 is 1.05 bits per heavy atom. The summed E-state index contributed by atoms with van der Waals surface area (Å²) in [6.45, 7) is 5.78. The lowest BCUT2D eigenvalue weighted by molar-refractivity contribution is 0.0761. The van der Waals surface area contributed by atoms with Crippen molar-refractivity contribution in [3.8, 4) is 5.75 Å². The van der Waals surface area contributed by atoms with Crippen LogP contribution < -0.4 is 4.74 Å². The maximum absolute atomic E-state index is 12.4. The Morgan fingerprint density at radius 2 is 1.63 bits per heavy atom. The van der Waals surface area contributed by atoms with Crippen molar-refractivity contribution in [1.29, 1.82) is 0 Å². The smallest absolute Gasteiger partial charge is 0.253 e. The maximum Gasteiger partial charge on any atom is 0.253 e. The van der Waals surface area contributed by atoms with Gasteiger partial charge >= 0.3 is 0 Å². The Labute approximate surface area is 115 Å². The Kier molecular flexibility index (Phi) is 4.83. The van der Waals surface area contributed by atoms with Gasteiger partial charge in [0.05, 0.1) is 6.10 Å². The van der Waals surface area contributed by atoms with Crippen molar-refractivity contribution in [3.05, 3.63) is 29.8 Å². The van der Waals surface area contributed by atoms with Gasteiger partial charge in [0.25, 0.3) is 5.91 Å². The Balaban J connectivity index is 2.02. The molecular formula is C16H23NO2. The number of hydrogen-bond acceptors (Lipinski definition) is 2. The average molecular weight is 261 g/mol. The monoisotopic (exact) mass is 261 g/mol. The summed E-state index contributed by atoms with van der Waals surface area (Å²) in [5.74, 6) is 0.973. The molecular weight excluding hydrogens is 238 g/mol. The highest BCUT2D eigenvalue weighted by Gasteiger charge is 2.17. The molecule has 0 bridgehead atoms. The molecule has 1 aliphatic rings. The summed E-state index contributed by atoms with van der Waals surface area (Å²) in [5.41, 5.74) is 0.762. The van der Waals surface area contributed by atoms with E-state index in [1.807, 2.05) is 43.0 Å². The zero-order valence-electron chi connectivity index (χ0n) is 11.9. The van der Waals surface area contributed by atoms with Gasteiger partial charge in [0.1, 0.15) is 5.75 Å². The second kappa shape index (κ2) is 6.60. The number of carbonyl (C=O) groups excluding carboxylic acids is 1. The predicted octanol–water partition coefficient (Wildman–Crippen LogP) is 3.49. The number of hydrogen-bond donors (Lipinski definition) is 0. The van der Waals surface area contributed by atoms with E-state index in [1.54, 1.807) is 0 Å². The second-order valence-electron chi connectivity index (χ2n) is 5.40. The quantitative estimate of drug-likeness (QED) is 0.833. The Hall–Kier alpha value is -1.51. The molecule has 0 spiro atoms. The molecule has 0 unspecified atom stereocenters. The summed E-state index contributed by atoms with van der Waals surface area (Å²) < 4.78 is 5.59. The first-order valence-corrected chi connectivity index (χ1v) is 7.23. The fourth-order valence-electron chi connectivity index (χ4n) is 2.40. The van der Waals surface area contributed by atoms with Gasteiger partial charge in [-0.25, -0.2) is 0 Å². The lowest BCUT2D eigenvalue weighted by Gasteiger charge is -2.20. The molecule has 0 aromatic heterocycles. The summed E-state index contributed by atoms with van der Waals surface area (Å²) >= 11 is 0. The molecule has 1 aliphatic heterocycles. The van der Waals surface area contributed by atoms with Crippen LogP contribution in [0.3, 0.4) is 0 Å². The van der Waals surface area contributed by atoms with E-state index in [9.17, 15) is 4.79 Å². The number of amides is 1. The average Bonchev–Trinajstić information content (AvgIpc) is 2.67. The van der Waals surface area contributed by atoms with Crippen LogP contribution in [0.4, 0.5) is 0 Å². The molecule has 104 valence electrons. The van der Waals surface area contributed by atoms with Gasteiger partial charge in [-0.15, -0.1) is 0 Å². The molecule has 0 N–H and O–H groups in total. The first-order chi connectivity index (χ1) is 9.16. The van der Waals surface area contributed by atoms with Crippen molar-refractivity contribution in [2.75, 3.05) is 13.1 Å². The minimum atomic E-state index is 0.151. The first kappa shape index (κ1) is 13.9. The highest BCUT2D eigenvalue weighted by molar-refractivity contribution is 5.94. The first-order valence-electron chi connectivity index (χ1n) is 7.23. The standard InChI is InChI=1S/C16H23NO2/c1-13(2)19-15-9-7-14(8-10-15)16(18)17-11-5-3-4-6-12-17/h7-10,13H,3-6,11-12H2,1-2H3. The summed E-state index contributed by atoms with van der Waals surface area (Å²) in [7, 11) is 0. The molecule has 1 aromatic rings. The molecule has 1 saturated heterocycles. The number of benzene rings is 1. The van der Waals surface area contributed by atoms with E-state index in [2.05, 4.69) is 0 Å². The third-order valence-corrected chi connectivity index (χ3v) is 3.37. The van der Waals surface area contributed by atoms with Gasteiger partial charge in [0, 0.05) is 18.7 Å². The zero-order chi connectivity index (χ0) is 13.7. The van der Waals surface area contributed by atoms with Gasteiger partial charge in [-0.2, -0.15) is 0 Å². The van der Waals surface area contributed by atoms with Gasteiger partial charge in [-0.3, -0.25) is 4.79 Å². The van der Waals surface area contributed by atoms with Gasteiger partial charge in [0.2, 0.25) is 0 Å². The number of rotatable bonds is 3. The highest BCUT2D eigenvalue weighted by atomic mass is 16.5. The van der Waals surface area contributed by atoms with E-state index in [0.29, 0.717) is 0 Å². The molecule has 0 atom stereocenters. The SMILES string of the molecule is CC(C)Oc1ccc(C(=O)N2CCCCCC2)cc1. The van der Waals surface area contributed by atoms with Crippen LogP contribution in [0.5, 0.6) is 5.75 Å². The normalized spacial score (nSPS) is 16.3.